The molecule has 1 rings (SSSR count). The predicted octanol–water partition coefficient (Wildman–Crippen LogP) is 3.29. The van der Waals surface area contributed by atoms with Crippen molar-refractivity contribution in [3.63, 3.8) is 0 Å². The number of nitrogens with one attached hydrogen (secondary N) is 1. The van der Waals surface area contributed by atoms with Gasteiger partial charge >= 0.3 is 0 Å². The quantitative estimate of drug-likeness (QED) is 0.676. The smallest absolute Gasteiger partial charge is 0.00126 e. The molecule has 14 heavy (non-hydrogen) atoms. The van der Waals surface area contributed by atoms with E-state index in [4.69, 9.17) is 0 Å². The molecule has 1 atom stereocenters. The van der Waals surface area contributed by atoms with Crippen LogP contribution in [0.5, 0.6) is 0 Å². The van der Waals surface area contributed by atoms with Crippen LogP contribution in [0.1, 0.15) is 40.5 Å². The van der Waals surface area contributed by atoms with Gasteiger partial charge in [0.05, 0.1) is 0 Å². The number of hydrogen-bond acceptors (Lipinski definition) is 1. The van der Waals surface area contributed by atoms with Crippen LogP contribution in [0.25, 0.3) is 0 Å². The SMILES string of the molecule is CNCCCC1=C(C)C(C)=C(C)C1C. The summed E-state index contributed by atoms with van der Waals surface area (Å²) < 4.78 is 0. The summed E-state index contributed by atoms with van der Waals surface area (Å²) in [6.07, 6.45) is 2.51. The van der Waals surface area contributed by atoms with E-state index in [1.165, 1.54) is 18.4 Å². The van der Waals surface area contributed by atoms with Crippen LogP contribution in [0.3, 0.4) is 0 Å². The lowest BCUT2D eigenvalue weighted by Gasteiger charge is -2.12. The molecule has 0 bridgehead atoms. The van der Waals surface area contributed by atoms with E-state index < -0.39 is 0 Å². The highest BCUT2D eigenvalue weighted by atomic mass is 14.8. The average Bonchev–Trinajstić information content (AvgIpc) is 2.35. The molecule has 1 heteroatoms. The minimum Gasteiger partial charge on any atom is -0.320 e. The van der Waals surface area contributed by atoms with Gasteiger partial charge in [-0.1, -0.05) is 18.1 Å². The lowest BCUT2D eigenvalue weighted by molar-refractivity contribution is 0.673. The highest BCUT2D eigenvalue weighted by molar-refractivity contribution is 5.46. The third kappa shape index (κ3) is 2.09. The zero-order chi connectivity index (χ0) is 10.7. The number of allylic oxidation sites excluding steroid dienone is 4. The van der Waals surface area contributed by atoms with E-state index in [1.807, 2.05) is 7.05 Å². The summed E-state index contributed by atoms with van der Waals surface area (Å²) in [6, 6.07) is 0. The predicted molar refractivity (Wildman–Crippen MR) is 63.4 cm³/mol. The molecular weight excluding hydrogens is 170 g/mol. The topological polar surface area (TPSA) is 12.0 Å². The van der Waals surface area contributed by atoms with E-state index in [0.717, 1.165) is 6.54 Å². The Bertz CT molecular complexity index is 271. The highest BCUT2D eigenvalue weighted by Gasteiger charge is 2.22. The van der Waals surface area contributed by atoms with Gasteiger partial charge in [-0.05, 0) is 64.3 Å². The first-order valence-corrected chi connectivity index (χ1v) is 5.61. The summed E-state index contributed by atoms with van der Waals surface area (Å²) in [6.45, 7) is 10.3. The van der Waals surface area contributed by atoms with Crippen molar-refractivity contribution in [1.29, 1.82) is 0 Å². The van der Waals surface area contributed by atoms with Gasteiger partial charge in [-0.25, -0.2) is 0 Å². The number of hydrogen-bond donors (Lipinski definition) is 1. The molecule has 0 aliphatic heterocycles. The lowest BCUT2D eigenvalue weighted by atomic mass is 9.94. The molecule has 0 aromatic heterocycles. The van der Waals surface area contributed by atoms with Crippen LogP contribution < -0.4 is 5.32 Å². The molecule has 0 saturated heterocycles. The van der Waals surface area contributed by atoms with Crippen LogP contribution in [0, 0.1) is 5.92 Å². The van der Waals surface area contributed by atoms with Crippen LogP contribution >= 0.6 is 0 Å². The van der Waals surface area contributed by atoms with E-state index in [1.54, 1.807) is 16.7 Å². The Balaban J connectivity index is 2.63. The Morgan fingerprint density at radius 2 is 1.79 bits per heavy atom. The summed E-state index contributed by atoms with van der Waals surface area (Å²) in [7, 11) is 2.02. The normalized spacial score (nSPS) is 22.5. The summed E-state index contributed by atoms with van der Waals surface area (Å²) >= 11 is 0. The van der Waals surface area contributed by atoms with E-state index in [-0.39, 0.29) is 0 Å². The minimum atomic E-state index is 0.687. The van der Waals surface area contributed by atoms with E-state index in [0.29, 0.717) is 5.92 Å². The van der Waals surface area contributed by atoms with Crippen molar-refractivity contribution in [3.8, 4) is 0 Å². The Labute approximate surface area is 88.3 Å². The molecular formula is C13H23N. The summed E-state index contributed by atoms with van der Waals surface area (Å²) in [5.74, 6) is 0.687. The van der Waals surface area contributed by atoms with Crippen molar-refractivity contribution in [2.45, 2.75) is 40.5 Å². The van der Waals surface area contributed by atoms with Gasteiger partial charge in [0.1, 0.15) is 0 Å². The van der Waals surface area contributed by atoms with Gasteiger partial charge in [0.2, 0.25) is 0 Å². The zero-order valence-electron chi connectivity index (χ0n) is 10.2. The van der Waals surface area contributed by atoms with Crippen LogP contribution in [-0.4, -0.2) is 13.6 Å². The van der Waals surface area contributed by atoms with E-state index in [2.05, 4.69) is 33.0 Å². The second kappa shape index (κ2) is 4.79. The maximum atomic E-state index is 3.21. The van der Waals surface area contributed by atoms with Gasteiger partial charge in [0.25, 0.3) is 0 Å². The standard InChI is InChI=1S/C13H23N/c1-9-10(2)12(4)13(11(9)3)7-6-8-14-5/h11,14H,6-8H2,1-5H3. The molecule has 0 saturated carbocycles. The van der Waals surface area contributed by atoms with Crippen molar-refractivity contribution >= 4 is 0 Å². The van der Waals surface area contributed by atoms with Crippen LogP contribution in [0.4, 0.5) is 0 Å². The molecule has 1 N–H and O–H groups in total. The summed E-state index contributed by atoms with van der Waals surface area (Å²) in [4.78, 5) is 0. The zero-order valence-corrected chi connectivity index (χ0v) is 10.2. The van der Waals surface area contributed by atoms with Crippen LogP contribution in [0.2, 0.25) is 0 Å². The first kappa shape index (κ1) is 11.5. The maximum absolute atomic E-state index is 3.21. The average molecular weight is 193 g/mol. The third-order valence-electron chi connectivity index (χ3n) is 3.68. The third-order valence-corrected chi connectivity index (χ3v) is 3.68. The maximum Gasteiger partial charge on any atom is -0.00126 e. The van der Waals surface area contributed by atoms with Crippen molar-refractivity contribution in [3.05, 3.63) is 22.3 Å². The first-order chi connectivity index (χ1) is 6.59. The van der Waals surface area contributed by atoms with Crippen molar-refractivity contribution in [1.82, 2.24) is 5.32 Å². The molecule has 0 aromatic rings. The van der Waals surface area contributed by atoms with Crippen molar-refractivity contribution in [2.75, 3.05) is 13.6 Å². The Kier molecular flexibility index (Phi) is 3.94. The molecule has 0 fully saturated rings. The van der Waals surface area contributed by atoms with Gasteiger partial charge in [0.15, 0.2) is 0 Å². The number of rotatable bonds is 4. The van der Waals surface area contributed by atoms with Gasteiger partial charge in [-0.2, -0.15) is 0 Å². The summed E-state index contributed by atoms with van der Waals surface area (Å²) in [5.41, 5.74) is 6.31. The fraction of sp³-hybridized carbons (Fsp3) is 0.692. The molecule has 1 unspecified atom stereocenters. The van der Waals surface area contributed by atoms with Gasteiger partial charge in [0, 0.05) is 0 Å². The lowest BCUT2D eigenvalue weighted by Crippen LogP contribution is -2.08. The molecule has 0 spiro atoms. The van der Waals surface area contributed by atoms with Crippen molar-refractivity contribution < 1.29 is 0 Å². The van der Waals surface area contributed by atoms with Crippen molar-refractivity contribution in [2.24, 2.45) is 5.92 Å². The van der Waals surface area contributed by atoms with Gasteiger partial charge in [-0.15, -0.1) is 0 Å². The minimum absolute atomic E-state index is 0.687. The molecule has 0 radical (unpaired) electrons. The largest absolute Gasteiger partial charge is 0.320 e. The van der Waals surface area contributed by atoms with Crippen LogP contribution in [-0.2, 0) is 0 Å². The second-order valence-corrected chi connectivity index (χ2v) is 4.39. The van der Waals surface area contributed by atoms with Crippen LogP contribution in [0.15, 0.2) is 22.3 Å². The molecule has 0 amide bonds. The summed E-state index contributed by atoms with van der Waals surface area (Å²) in [5, 5.41) is 3.21. The molecule has 1 nitrogen and oxygen atoms in total. The molecule has 1 aliphatic rings. The fourth-order valence-corrected chi connectivity index (χ4v) is 2.31. The van der Waals surface area contributed by atoms with E-state index in [9.17, 15) is 0 Å². The molecule has 0 aromatic carbocycles. The Hall–Kier alpha value is -0.560. The molecule has 1 aliphatic carbocycles. The van der Waals surface area contributed by atoms with E-state index >= 15 is 0 Å². The second-order valence-electron chi connectivity index (χ2n) is 4.39. The molecule has 80 valence electrons. The monoisotopic (exact) mass is 193 g/mol. The van der Waals surface area contributed by atoms with Gasteiger partial charge in [-0.3, -0.25) is 0 Å². The molecule has 0 heterocycles. The fourth-order valence-electron chi connectivity index (χ4n) is 2.31. The first-order valence-electron chi connectivity index (χ1n) is 5.61. The Morgan fingerprint density at radius 3 is 2.21 bits per heavy atom. The Morgan fingerprint density at radius 1 is 1.14 bits per heavy atom. The van der Waals surface area contributed by atoms with Gasteiger partial charge < -0.3 is 5.32 Å². The highest BCUT2D eigenvalue weighted by Crippen LogP contribution is 2.38.